The molecule has 14 heavy (non-hydrogen) atoms. The van der Waals surface area contributed by atoms with E-state index in [1.54, 1.807) is 0 Å². The fourth-order valence-electron chi connectivity index (χ4n) is 1.49. The molecule has 0 N–H and O–H groups in total. The Morgan fingerprint density at radius 2 is 1.00 bits per heavy atom. The molecule has 0 saturated carbocycles. The van der Waals surface area contributed by atoms with E-state index in [1.807, 2.05) is 0 Å². The van der Waals surface area contributed by atoms with Gasteiger partial charge in [-0.05, 0) is 0 Å². The molecule has 0 heterocycles. The van der Waals surface area contributed by atoms with Gasteiger partial charge in [0.15, 0.2) is 0 Å². The molecule has 0 aromatic heterocycles. The monoisotopic (exact) mass is 217 g/mol. The van der Waals surface area contributed by atoms with Crippen molar-refractivity contribution in [3.05, 3.63) is 6.92 Å². The van der Waals surface area contributed by atoms with Crippen molar-refractivity contribution in [2.45, 2.75) is 71.1 Å². The Morgan fingerprint density at radius 3 is 1.36 bits per heavy atom. The van der Waals surface area contributed by atoms with Gasteiger partial charge in [0.1, 0.15) is 0 Å². The topological polar surface area (TPSA) is 0 Å². The Labute approximate surface area is 136 Å². The summed E-state index contributed by atoms with van der Waals surface area (Å²) in [6.07, 6.45) is 13.9. The van der Waals surface area contributed by atoms with Crippen molar-refractivity contribution in [2.75, 3.05) is 0 Å². The van der Waals surface area contributed by atoms with E-state index in [0.29, 0.717) is 0 Å². The molecule has 0 saturated heterocycles. The normalized spacial score (nSPS) is 9.00. The van der Waals surface area contributed by atoms with Crippen molar-refractivity contribution in [2.24, 2.45) is 0 Å². The Balaban J connectivity index is -0.000000605. The van der Waals surface area contributed by atoms with Gasteiger partial charge in [-0.1, -0.05) is 78.1 Å². The predicted molar refractivity (Wildman–Crippen MR) is 71.5 cm³/mol. The van der Waals surface area contributed by atoms with Crippen LogP contribution in [-0.4, -0.2) is 59.1 Å². The van der Waals surface area contributed by atoms with E-state index in [0.717, 1.165) is 6.42 Å². The number of hydrogen-bond donors (Lipinski definition) is 0. The molecular formula is C12H27Na2. The third kappa shape index (κ3) is 19.6. The fraction of sp³-hybridized carbons (Fsp3) is 0.917. The van der Waals surface area contributed by atoms with Crippen LogP contribution in [0.5, 0.6) is 0 Å². The molecule has 0 aromatic rings. The van der Waals surface area contributed by atoms with Crippen LogP contribution in [0, 0.1) is 6.92 Å². The van der Waals surface area contributed by atoms with Crippen molar-refractivity contribution in [1.82, 2.24) is 0 Å². The van der Waals surface area contributed by atoms with E-state index in [2.05, 4.69) is 13.8 Å². The summed E-state index contributed by atoms with van der Waals surface area (Å²) in [7, 11) is 0. The Morgan fingerprint density at radius 1 is 0.643 bits per heavy atom. The molecule has 0 spiro atoms. The van der Waals surface area contributed by atoms with Crippen LogP contribution in [0.2, 0.25) is 0 Å². The molecule has 2 heteroatoms. The Kier molecular flexibility index (Phi) is 31.1. The minimum absolute atomic E-state index is 0. The van der Waals surface area contributed by atoms with Gasteiger partial charge in [0.25, 0.3) is 0 Å². The third-order valence-electron chi connectivity index (χ3n) is 2.35. The van der Waals surface area contributed by atoms with E-state index in [4.69, 9.17) is 0 Å². The van der Waals surface area contributed by atoms with Crippen molar-refractivity contribution in [3.8, 4) is 0 Å². The Bertz CT molecular complexity index is 64.7. The van der Waals surface area contributed by atoms with Crippen LogP contribution in [0.15, 0.2) is 0 Å². The summed E-state index contributed by atoms with van der Waals surface area (Å²) in [5.74, 6) is 0. The quantitative estimate of drug-likeness (QED) is 0.410. The first-order valence-electron chi connectivity index (χ1n) is 5.71. The van der Waals surface area contributed by atoms with Crippen LogP contribution >= 0.6 is 0 Å². The first-order chi connectivity index (χ1) is 5.91. The number of rotatable bonds is 9. The average Bonchev–Trinajstić information content (AvgIpc) is 2.10. The third-order valence-corrected chi connectivity index (χ3v) is 2.35. The van der Waals surface area contributed by atoms with E-state index in [-0.39, 0.29) is 59.1 Å². The zero-order valence-electron chi connectivity index (χ0n) is 8.78. The summed E-state index contributed by atoms with van der Waals surface area (Å²) < 4.78 is 0. The van der Waals surface area contributed by atoms with E-state index >= 15 is 0 Å². The zero-order valence-corrected chi connectivity index (χ0v) is 8.78. The van der Waals surface area contributed by atoms with Crippen LogP contribution < -0.4 is 0 Å². The molecule has 0 unspecified atom stereocenters. The SMILES string of the molecule is [CH2]CCCCCCCCCCC.[NaH].[NaH]. The molecule has 0 aliphatic carbocycles. The molecule has 0 amide bonds. The molecule has 0 aliphatic rings. The van der Waals surface area contributed by atoms with Crippen molar-refractivity contribution in [1.29, 1.82) is 0 Å². The van der Waals surface area contributed by atoms with Crippen molar-refractivity contribution < 1.29 is 0 Å². The van der Waals surface area contributed by atoms with Gasteiger partial charge in [0, 0.05) is 0 Å². The summed E-state index contributed by atoms with van der Waals surface area (Å²) in [4.78, 5) is 0. The second-order valence-electron chi connectivity index (χ2n) is 3.68. The zero-order chi connectivity index (χ0) is 9.07. The molecule has 0 fully saturated rings. The van der Waals surface area contributed by atoms with Gasteiger partial charge in [-0.15, -0.1) is 0 Å². The predicted octanol–water partition coefficient (Wildman–Crippen LogP) is 3.44. The summed E-state index contributed by atoms with van der Waals surface area (Å²) in [5.41, 5.74) is 0. The first kappa shape index (κ1) is 21.3. The maximum atomic E-state index is 3.84. The van der Waals surface area contributed by atoms with Crippen molar-refractivity contribution in [3.63, 3.8) is 0 Å². The molecule has 0 aromatic carbocycles. The van der Waals surface area contributed by atoms with Crippen LogP contribution in [0.4, 0.5) is 0 Å². The number of hydrogen-bond acceptors (Lipinski definition) is 0. The molecule has 0 atom stereocenters. The molecule has 0 bridgehead atoms. The Hall–Kier alpha value is 2.00. The second kappa shape index (κ2) is 20.4. The van der Waals surface area contributed by atoms with Gasteiger partial charge >= 0.3 is 59.1 Å². The van der Waals surface area contributed by atoms with Gasteiger partial charge in [0.05, 0.1) is 0 Å². The van der Waals surface area contributed by atoms with Crippen LogP contribution in [0.3, 0.4) is 0 Å². The summed E-state index contributed by atoms with van der Waals surface area (Å²) >= 11 is 0. The fourth-order valence-corrected chi connectivity index (χ4v) is 1.49. The molecule has 77 valence electrons. The van der Waals surface area contributed by atoms with Crippen LogP contribution in [0.25, 0.3) is 0 Å². The minimum atomic E-state index is 0. The molecule has 0 aliphatic heterocycles. The van der Waals surface area contributed by atoms with Gasteiger partial charge in [-0.2, -0.15) is 0 Å². The standard InChI is InChI=1S/C12H25.2Na.2H/c1-3-5-7-9-11-12-10-8-6-4-2;;;;/h1,3-12H2,2H3;;;;. The van der Waals surface area contributed by atoms with E-state index in [9.17, 15) is 0 Å². The molecular weight excluding hydrogens is 190 g/mol. The molecule has 0 nitrogen and oxygen atoms in total. The second-order valence-corrected chi connectivity index (χ2v) is 3.68. The maximum absolute atomic E-state index is 3.84. The summed E-state index contributed by atoms with van der Waals surface area (Å²) in [5, 5.41) is 0. The van der Waals surface area contributed by atoms with Gasteiger partial charge in [-0.25, -0.2) is 0 Å². The first-order valence-corrected chi connectivity index (χ1v) is 5.71. The van der Waals surface area contributed by atoms with Crippen LogP contribution in [-0.2, 0) is 0 Å². The average molecular weight is 217 g/mol. The van der Waals surface area contributed by atoms with Gasteiger partial charge in [0.2, 0.25) is 0 Å². The molecule has 0 rings (SSSR count). The van der Waals surface area contributed by atoms with E-state index in [1.165, 1.54) is 57.8 Å². The van der Waals surface area contributed by atoms with Gasteiger partial charge < -0.3 is 0 Å². The number of unbranched alkanes of at least 4 members (excludes halogenated alkanes) is 9. The summed E-state index contributed by atoms with van der Waals surface area (Å²) in [6, 6.07) is 0. The van der Waals surface area contributed by atoms with Crippen LogP contribution in [0.1, 0.15) is 71.1 Å². The van der Waals surface area contributed by atoms with Gasteiger partial charge in [-0.3, -0.25) is 0 Å². The molecule has 1 radical (unpaired) electrons. The van der Waals surface area contributed by atoms with Crippen molar-refractivity contribution >= 4 is 59.1 Å². The summed E-state index contributed by atoms with van der Waals surface area (Å²) in [6.45, 7) is 6.12. The van der Waals surface area contributed by atoms with E-state index < -0.39 is 0 Å².